The molecule has 1 aromatic carbocycles. The van der Waals surface area contributed by atoms with Gasteiger partial charge in [0.05, 0.1) is 5.92 Å². The standard InChI is InChI=1S/C17H26N2O/c1-13-7-5-6-8-14(13)11-12-19-17(20)15-9-3-2-4-10-16(15)18/h5-8,15-16H,2-4,9-12,18H2,1H3,(H,19,20). The Labute approximate surface area is 121 Å². The topological polar surface area (TPSA) is 55.1 Å². The monoisotopic (exact) mass is 274 g/mol. The van der Waals surface area contributed by atoms with Crippen LogP contribution < -0.4 is 11.1 Å². The molecule has 3 heteroatoms. The van der Waals surface area contributed by atoms with Gasteiger partial charge in [0.15, 0.2) is 0 Å². The Balaban J connectivity index is 1.81. The molecule has 1 saturated carbocycles. The average molecular weight is 274 g/mol. The molecule has 2 unspecified atom stereocenters. The van der Waals surface area contributed by atoms with Crippen molar-refractivity contribution in [3.05, 3.63) is 35.4 Å². The number of aryl methyl sites for hydroxylation is 1. The molecule has 1 amide bonds. The van der Waals surface area contributed by atoms with Gasteiger partial charge in [0.1, 0.15) is 0 Å². The lowest BCUT2D eigenvalue weighted by Crippen LogP contribution is -2.41. The van der Waals surface area contributed by atoms with E-state index in [1.54, 1.807) is 0 Å². The summed E-state index contributed by atoms with van der Waals surface area (Å²) in [4.78, 5) is 12.2. The lowest BCUT2D eigenvalue weighted by molar-refractivity contribution is -0.125. The highest BCUT2D eigenvalue weighted by Gasteiger charge is 2.26. The van der Waals surface area contributed by atoms with Gasteiger partial charge >= 0.3 is 0 Å². The zero-order valence-corrected chi connectivity index (χ0v) is 12.4. The summed E-state index contributed by atoms with van der Waals surface area (Å²) in [6.07, 6.45) is 6.31. The van der Waals surface area contributed by atoms with Gasteiger partial charge in [-0.25, -0.2) is 0 Å². The molecule has 2 rings (SSSR count). The van der Waals surface area contributed by atoms with E-state index in [0.717, 1.165) is 32.1 Å². The molecule has 2 atom stereocenters. The number of amides is 1. The average Bonchev–Trinajstić information content (AvgIpc) is 2.65. The van der Waals surface area contributed by atoms with E-state index in [4.69, 9.17) is 5.73 Å². The SMILES string of the molecule is Cc1ccccc1CCNC(=O)C1CCCCCC1N. The Morgan fingerprint density at radius 1 is 1.25 bits per heavy atom. The minimum Gasteiger partial charge on any atom is -0.355 e. The van der Waals surface area contributed by atoms with Crippen molar-refractivity contribution in [1.29, 1.82) is 0 Å². The number of nitrogens with one attached hydrogen (secondary N) is 1. The van der Waals surface area contributed by atoms with E-state index < -0.39 is 0 Å². The van der Waals surface area contributed by atoms with E-state index in [2.05, 4.69) is 24.4 Å². The van der Waals surface area contributed by atoms with E-state index in [-0.39, 0.29) is 17.9 Å². The van der Waals surface area contributed by atoms with Gasteiger partial charge < -0.3 is 11.1 Å². The van der Waals surface area contributed by atoms with Crippen molar-refractivity contribution in [2.24, 2.45) is 11.7 Å². The van der Waals surface area contributed by atoms with E-state index in [1.807, 2.05) is 12.1 Å². The number of carbonyl (C=O) groups excluding carboxylic acids is 1. The molecule has 3 N–H and O–H groups in total. The Hall–Kier alpha value is -1.35. The van der Waals surface area contributed by atoms with Crippen molar-refractivity contribution < 1.29 is 4.79 Å². The van der Waals surface area contributed by atoms with Gasteiger partial charge in [-0.05, 0) is 37.3 Å². The summed E-state index contributed by atoms with van der Waals surface area (Å²) >= 11 is 0. The molecule has 0 bridgehead atoms. The minimum absolute atomic E-state index is 0.00868. The molecule has 1 aromatic rings. The Morgan fingerprint density at radius 3 is 2.80 bits per heavy atom. The first-order valence-corrected chi connectivity index (χ1v) is 7.76. The van der Waals surface area contributed by atoms with Crippen molar-refractivity contribution in [2.45, 2.75) is 51.5 Å². The number of nitrogens with two attached hydrogens (primary N) is 1. The summed E-state index contributed by atoms with van der Waals surface area (Å²) in [5.41, 5.74) is 8.71. The Bertz CT molecular complexity index is 444. The third kappa shape index (κ3) is 4.07. The Kier molecular flexibility index (Phi) is 5.60. The van der Waals surface area contributed by atoms with E-state index in [9.17, 15) is 4.79 Å². The first-order valence-electron chi connectivity index (χ1n) is 7.76. The zero-order chi connectivity index (χ0) is 14.4. The summed E-state index contributed by atoms with van der Waals surface area (Å²) in [5, 5.41) is 3.07. The molecule has 3 nitrogen and oxygen atoms in total. The highest BCUT2D eigenvalue weighted by Crippen LogP contribution is 2.22. The maximum absolute atomic E-state index is 12.2. The van der Waals surface area contributed by atoms with Crippen LogP contribution in [0.4, 0.5) is 0 Å². The minimum atomic E-state index is 0.00868. The van der Waals surface area contributed by atoms with Gasteiger partial charge in [-0.3, -0.25) is 4.79 Å². The summed E-state index contributed by atoms with van der Waals surface area (Å²) in [7, 11) is 0. The number of hydrogen-bond donors (Lipinski definition) is 2. The van der Waals surface area contributed by atoms with E-state index >= 15 is 0 Å². The number of benzene rings is 1. The van der Waals surface area contributed by atoms with Crippen molar-refractivity contribution in [3.63, 3.8) is 0 Å². The maximum atomic E-state index is 12.2. The highest BCUT2D eigenvalue weighted by molar-refractivity contribution is 5.79. The third-order valence-corrected chi connectivity index (χ3v) is 4.36. The molecule has 0 aromatic heterocycles. The second-order valence-corrected chi connectivity index (χ2v) is 5.88. The van der Waals surface area contributed by atoms with Crippen LogP contribution in [0.15, 0.2) is 24.3 Å². The lowest BCUT2D eigenvalue weighted by atomic mass is 9.94. The molecule has 0 aliphatic heterocycles. The normalized spacial score (nSPS) is 23.1. The second kappa shape index (κ2) is 7.44. The van der Waals surface area contributed by atoms with Crippen LogP contribution in [0, 0.1) is 12.8 Å². The van der Waals surface area contributed by atoms with E-state index in [0.29, 0.717) is 6.54 Å². The van der Waals surface area contributed by atoms with Crippen molar-refractivity contribution >= 4 is 5.91 Å². The fraction of sp³-hybridized carbons (Fsp3) is 0.588. The molecule has 20 heavy (non-hydrogen) atoms. The van der Waals surface area contributed by atoms with Crippen LogP contribution in [0.3, 0.4) is 0 Å². The molecule has 1 aliphatic carbocycles. The third-order valence-electron chi connectivity index (χ3n) is 4.36. The van der Waals surface area contributed by atoms with Crippen LogP contribution in [0.1, 0.15) is 43.2 Å². The van der Waals surface area contributed by atoms with Crippen LogP contribution in [-0.4, -0.2) is 18.5 Å². The summed E-state index contributed by atoms with van der Waals surface area (Å²) < 4.78 is 0. The van der Waals surface area contributed by atoms with Gasteiger partial charge in [0, 0.05) is 12.6 Å². The number of rotatable bonds is 4. The van der Waals surface area contributed by atoms with Gasteiger partial charge in [0.2, 0.25) is 5.91 Å². The quantitative estimate of drug-likeness (QED) is 0.829. The van der Waals surface area contributed by atoms with Gasteiger partial charge in [-0.2, -0.15) is 0 Å². The zero-order valence-electron chi connectivity index (χ0n) is 12.4. The van der Waals surface area contributed by atoms with Crippen LogP contribution >= 0.6 is 0 Å². The smallest absolute Gasteiger partial charge is 0.224 e. The predicted octanol–water partition coefficient (Wildman–Crippen LogP) is 2.56. The number of carbonyl (C=O) groups is 1. The van der Waals surface area contributed by atoms with Gasteiger partial charge in [0.25, 0.3) is 0 Å². The molecule has 1 aliphatic rings. The van der Waals surface area contributed by atoms with Gasteiger partial charge in [-0.1, -0.05) is 43.5 Å². The fourth-order valence-electron chi connectivity index (χ4n) is 3.00. The summed E-state index contributed by atoms with van der Waals surface area (Å²) in [6.45, 7) is 2.81. The van der Waals surface area contributed by atoms with Crippen molar-refractivity contribution in [3.8, 4) is 0 Å². The van der Waals surface area contributed by atoms with Crippen LogP contribution in [-0.2, 0) is 11.2 Å². The molecule has 0 heterocycles. The van der Waals surface area contributed by atoms with Crippen LogP contribution in [0.2, 0.25) is 0 Å². The molecule has 1 fully saturated rings. The Morgan fingerprint density at radius 2 is 2.00 bits per heavy atom. The first-order chi connectivity index (χ1) is 9.68. The van der Waals surface area contributed by atoms with Crippen molar-refractivity contribution in [2.75, 3.05) is 6.54 Å². The second-order valence-electron chi connectivity index (χ2n) is 5.88. The largest absolute Gasteiger partial charge is 0.355 e. The molecular weight excluding hydrogens is 248 g/mol. The summed E-state index contributed by atoms with van der Waals surface area (Å²) in [6, 6.07) is 8.36. The van der Waals surface area contributed by atoms with E-state index in [1.165, 1.54) is 17.5 Å². The molecular formula is C17H26N2O. The van der Waals surface area contributed by atoms with Crippen LogP contribution in [0.5, 0.6) is 0 Å². The molecule has 0 radical (unpaired) electrons. The molecule has 0 spiro atoms. The van der Waals surface area contributed by atoms with Crippen LogP contribution in [0.25, 0.3) is 0 Å². The molecule has 0 saturated heterocycles. The molecule has 110 valence electrons. The first kappa shape index (κ1) is 15.0. The van der Waals surface area contributed by atoms with Gasteiger partial charge in [-0.15, -0.1) is 0 Å². The fourth-order valence-corrected chi connectivity index (χ4v) is 3.00. The highest BCUT2D eigenvalue weighted by atomic mass is 16.1. The lowest BCUT2D eigenvalue weighted by Gasteiger charge is -2.20. The van der Waals surface area contributed by atoms with Crippen molar-refractivity contribution in [1.82, 2.24) is 5.32 Å². The summed E-state index contributed by atoms with van der Waals surface area (Å²) in [5.74, 6) is 0.155. The maximum Gasteiger partial charge on any atom is 0.224 e. The number of hydrogen-bond acceptors (Lipinski definition) is 2. The predicted molar refractivity (Wildman–Crippen MR) is 82.4 cm³/mol.